The highest BCUT2D eigenvalue weighted by molar-refractivity contribution is 7.15. The monoisotopic (exact) mass is 342 g/mol. The summed E-state index contributed by atoms with van der Waals surface area (Å²) in [5.41, 5.74) is 0.680. The van der Waals surface area contributed by atoms with Crippen molar-refractivity contribution in [1.29, 1.82) is 0 Å². The van der Waals surface area contributed by atoms with Gasteiger partial charge in [0.1, 0.15) is 4.34 Å². The van der Waals surface area contributed by atoms with Crippen LogP contribution in [0.15, 0.2) is 11.4 Å². The van der Waals surface area contributed by atoms with E-state index in [0.29, 0.717) is 15.9 Å². The summed E-state index contributed by atoms with van der Waals surface area (Å²) in [5.74, 6) is 0.833. The van der Waals surface area contributed by atoms with Gasteiger partial charge in [-0.3, -0.25) is 0 Å². The molecule has 2 N–H and O–H groups in total. The Labute approximate surface area is 140 Å². The number of thiophene rings is 1. The average Bonchev–Trinajstić information content (AvgIpc) is 3.11. The Bertz CT molecular complexity index is 536. The van der Waals surface area contributed by atoms with Crippen LogP contribution >= 0.6 is 22.9 Å². The second-order valence-electron chi connectivity index (χ2n) is 6.59. The maximum absolute atomic E-state index is 12.6. The van der Waals surface area contributed by atoms with E-state index in [4.69, 9.17) is 11.6 Å². The summed E-state index contributed by atoms with van der Waals surface area (Å²) in [6.07, 6.45) is 4.66. The van der Waals surface area contributed by atoms with Crippen LogP contribution in [0, 0.1) is 11.8 Å². The number of amides is 2. The van der Waals surface area contributed by atoms with Gasteiger partial charge >= 0.3 is 6.03 Å². The molecule has 1 aromatic rings. The molecule has 4 unspecified atom stereocenters. The zero-order valence-corrected chi connectivity index (χ0v) is 14.4. The normalized spacial score (nSPS) is 32.2. The quantitative estimate of drug-likeness (QED) is 0.846. The van der Waals surface area contributed by atoms with Gasteiger partial charge < -0.3 is 15.3 Å². The van der Waals surface area contributed by atoms with Crippen LogP contribution in [0.4, 0.5) is 10.5 Å². The number of carbonyl (C=O) groups is 1. The van der Waals surface area contributed by atoms with Gasteiger partial charge in [0.15, 0.2) is 0 Å². The van der Waals surface area contributed by atoms with Gasteiger partial charge in [0.25, 0.3) is 0 Å². The Balaban J connectivity index is 1.69. The van der Waals surface area contributed by atoms with Crippen molar-refractivity contribution < 1.29 is 9.90 Å². The predicted octanol–water partition coefficient (Wildman–Crippen LogP) is 4.19. The molecule has 0 radical (unpaired) electrons. The van der Waals surface area contributed by atoms with Gasteiger partial charge in [-0.05, 0) is 49.5 Å². The molecule has 1 saturated carbocycles. The fourth-order valence-electron chi connectivity index (χ4n) is 3.88. The number of aliphatic hydroxyl groups is 1. The third-order valence-corrected chi connectivity index (χ3v) is 6.21. The number of nitrogens with one attached hydrogen (secondary N) is 1. The summed E-state index contributed by atoms with van der Waals surface area (Å²) < 4.78 is 0.607. The van der Waals surface area contributed by atoms with Gasteiger partial charge in [-0.2, -0.15) is 0 Å². The number of halogens is 1. The molecule has 22 heavy (non-hydrogen) atoms. The fraction of sp³-hybridized carbons (Fsp3) is 0.688. The molecule has 4 atom stereocenters. The molecule has 4 nitrogen and oxygen atoms in total. The van der Waals surface area contributed by atoms with Crippen LogP contribution in [0.3, 0.4) is 0 Å². The van der Waals surface area contributed by atoms with E-state index in [0.717, 1.165) is 38.6 Å². The van der Waals surface area contributed by atoms with Crippen molar-refractivity contribution in [2.45, 2.75) is 51.2 Å². The average molecular weight is 343 g/mol. The first kappa shape index (κ1) is 16.1. The third kappa shape index (κ3) is 3.26. The summed E-state index contributed by atoms with van der Waals surface area (Å²) in [6.45, 7) is 3.00. The second kappa shape index (κ2) is 6.77. The van der Waals surface area contributed by atoms with Crippen LogP contribution < -0.4 is 5.32 Å². The van der Waals surface area contributed by atoms with E-state index in [-0.39, 0.29) is 24.1 Å². The molecule has 2 amide bonds. The van der Waals surface area contributed by atoms with Crippen LogP contribution in [-0.2, 0) is 0 Å². The van der Waals surface area contributed by atoms with Gasteiger partial charge in [-0.1, -0.05) is 18.5 Å². The van der Waals surface area contributed by atoms with Crippen LogP contribution in [0.25, 0.3) is 0 Å². The standard InChI is InChI=1S/C16H23ClN2O2S/c1-10-4-5-14(20)11(9-10)13-3-2-7-19(13)16(21)18-12-6-8-22-15(12)17/h6,8,10-11,13-14,20H,2-5,7,9H2,1H3,(H,18,21). The van der Waals surface area contributed by atoms with Gasteiger partial charge in [0, 0.05) is 18.5 Å². The van der Waals surface area contributed by atoms with Gasteiger partial charge in [0.2, 0.25) is 0 Å². The van der Waals surface area contributed by atoms with E-state index < -0.39 is 0 Å². The van der Waals surface area contributed by atoms with E-state index in [1.165, 1.54) is 11.3 Å². The highest BCUT2D eigenvalue weighted by Crippen LogP contribution is 2.37. The smallest absolute Gasteiger partial charge is 0.322 e. The van der Waals surface area contributed by atoms with Crippen molar-refractivity contribution in [3.8, 4) is 0 Å². The molecule has 0 aromatic carbocycles. The molecule has 1 aliphatic carbocycles. The summed E-state index contributed by atoms with van der Waals surface area (Å²) in [6, 6.07) is 1.89. The zero-order valence-electron chi connectivity index (χ0n) is 12.8. The van der Waals surface area contributed by atoms with Crippen LogP contribution in [-0.4, -0.2) is 34.7 Å². The van der Waals surface area contributed by atoms with Gasteiger partial charge in [-0.15, -0.1) is 11.3 Å². The van der Waals surface area contributed by atoms with Crippen LogP contribution in [0.2, 0.25) is 4.34 Å². The predicted molar refractivity (Wildman–Crippen MR) is 90.6 cm³/mol. The lowest BCUT2D eigenvalue weighted by Crippen LogP contribution is -2.47. The van der Waals surface area contributed by atoms with E-state index in [1.54, 1.807) is 0 Å². The molecule has 122 valence electrons. The number of urea groups is 1. The molecular formula is C16H23ClN2O2S. The minimum atomic E-state index is -0.278. The number of nitrogens with zero attached hydrogens (tertiary/aromatic N) is 1. The first-order valence-electron chi connectivity index (χ1n) is 8.05. The maximum atomic E-state index is 12.6. The highest BCUT2D eigenvalue weighted by atomic mass is 35.5. The second-order valence-corrected chi connectivity index (χ2v) is 8.11. The number of anilines is 1. The lowest BCUT2D eigenvalue weighted by Gasteiger charge is -2.39. The Morgan fingerprint density at radius 1 is 1.45 bits per heavy atom. The van der Waals surface area contributed by atoms with Crippen LogP contribution in [0.5, 0.6) is 0 Å². The molecule has 2 aliphatic rings. The van der Waals surface area contributed by atoms with Crippen molar-refractivity contribution in [2.24, 2.45) is 11.8 Å². The molecule has 0 bridgehead atoms. The van der Waals surface area contributed by atoms with E-state index in [9.17, 15) is 9.90 Å². The summed E-state index contributed by atoms with van der Waals surface area (Å²) in [5, 5.41) is 15.1. The largest absolute Gasteiger partial charge is 0.393 e. The topological polar surface area (TPSA) is 52.6 Å². The first-order valence-corrected chi connectivity index (χ1v) is 9.30. The molecule has 2 fully saturated rings. The van der Waals surface area contributed by atoms with E-state index in [2.05, 4.69) is 12.2 Å². The number of likely N-dealkylation sites (tertiary alicyclic amines) is 1. The molecule has 2 heterocycles. The molecule has 6 heteroatoms. The van der Waals surface area contributed by atoms with Crippen molar-refractivity contribution >= 4 is 34.7 Å². The molecule has 0 spiro atoms. The SMILES string of the molecule is CC1CCC(O)C(C2CCCN2C(=O)Nc2ccsc2Cl)C1. The molecule has 1 saturated heterocycles. The van der Waals surface area contributed by atoms with E-state index in [1.807, 2.05) is 16.3 Å². The third-order valence-electron chi connectivity index (χ3n) is 5.04. The summed E-state index contributed by atoms with van der Waals surface area (Å²) in [7, 11) is 0. The Kier molecular flexibility index (Phi) is 4.95. The zero-order chi connectivity index (χ0) is 15.7. The summed E-state index contributed by atoms with van der Waals surface area (Å²) in [4.78, 5) is 14.5. The molecular weight excluding hydrogens is 320 g/mol. The number of hydrogen-bond donors (Lipinski definition) is 2. The lowest BCUT2D eigenvalue weighted by atomic mass is 9.76. The van der Waals surface area contributed by atoms with Crippen molar-refractivity contribution in [3.63, 3.8) is 0 Å². The Morgan fingerprint density at radius 2 is 2.27 bits per heavy atom. The minimum Gasteiger partial charge on any atom is -0.393 e. The number of hydrogen-bond acceptors (Lipinski definition) is 3. The number of rotatable bonds is 2. The van der Waals surface area contributed by atoms with Crippen LogP contribution in [0.1, 0.15) is 39.0 Å². The lowest BCUT2D eigenvalue weighted by molar-refractivity contribution is 0.0165. The number of aliphatic hydroxyl groups excluding tert-OH is 1. The first-order chi connectivity index (χ1) is 10.6. The highest BCUT2D eigenvalue weighted by Gasteiger charge is 2.40. The number of carbonyl (C=O) groups excluding carboxylic acids is 1. The van der Waals surface area contributed by atoms with Gasteiger partial charge in [-0.25, -0.2) is 4.79 Å². The Morgan fingerprint density at radius 3 is 3.00 bits per heavy atom. The molecule has 1 aromatic heterocycles. The Hall–Kier alpha value is -0.780. The van der Waals surface area contributed by atoms with Crippen molar-refractivity contribution in [2.75, 3.05) is 11.9 Å². The summed E-state index contributed by atoms with van der Waals surface area (Å²) >= 11 is 7.47. The molecule has 1 aliphatic heterocycles. The fourth-order valence-corrected chi connectivity index (χ4v) is 4.72. The minimum absolute atomic E-state index is 0.0896. The van der Waals surface area contributed by atoms with Crippen molar-refractivity contribution in [1.82, 2.24) is 4.90 Å². The maximum Gasteiger partial charge on any atom is 0.322 e. The van der Waals surface area contributed by atoms with Gasteiger partial charge in [0.05, 0.1) is 11.8 Å². The van der Waals surface area contributed by atoms with E-state index >= 15 is 0 Å². The van der Waals surface area contributed by atoms with Crippen molar-refractivity contribution in [3.05, 3.63) is 15.8 Å². The molecule has 3 rings (SSSR count).